The number of ether oxygens (including phenoxy) is 2. The second kappa shape index (κ2) is 8.31. The maximum Gasteiger partial charge on any atom is 0.253 e. The highest BCUT2D eigenvalue weighted by atomic mass is 35.5. The smallest absolute Gasteiger partial charge is 0.253 e. The van der Waals surface area contributed by atoms with Crippen LogP contribution in [0.5, 0.6) is 11.5 Å². The summed E-state index contributed by atoms with van der Waals surface area (Å²) in [6, 6.07) is 10.4. The minimum atomic E-state index is -0.286. The fourth-order valence-electron chi connectivity index (χ4n) is 3.19. The number of hydrogen-bond donors (Lipinski definition) is 1. The zero-order valence-electron chi connectivity index (χ0n) is 15.3. The lowest BCUT2D eigenvalue weighted by molar-refractivity contribution is -0.117. The molecule has 1 saturated heterocycles. The Labute approximate surface area is 163 Å². The SMILES string of the molecule is COc1cccc(CNC(=O)c2ccc(Cl)cc2N2CCCC2=O)c1OC. The quantitative estimate of drug-likeness (QED) is 0.823. The lowest BCUT2D eigenvalue weighted by Gasteiger charge is -2.20. The summed E-state index contributed by atoms with van der Waals surface area (Å²) in [5.74, 6) is 0.887. The number of carbonyl (C=O) groups excluding carboxylic acids is 2. The molecule has 0 atom stereocenters. The monoisotopic (exact) mass is 388 g/mol. The Morgan fingerprint density at radius 2 is 2.04 bits per heavy atom. The van der Waals surface area contributed by atoms with Crippen LogP contribution in [0.3, 0.4) is 0 Å². The van der Waals surface area contributed by atoms with Gasteiger partial charge in [-0.1, -0.05) is 23.7 Å². The van der Waals surface area contributed by atoms with Crippen LogP contribution < -0.4 is 19.7 Å². The van der Waals surface area contributed by atoms with Crippen LogP contribution in [0.25, 0.3) is 0 Å². The Morgan fingerprint density at radius 1 is 1.22 bits per heavy atom. The Bertz CT molecular complexity index is 869. The van der Waals surface area contributed by atoms with Crippen molar-refractivity contribution in [3.05, 3.63) is 52.5 Å². The summed E-state index contributed by atoms with van der Waals surface area (Å²) in [6.07, 6.45) is 1.25. The van der Waals surface area contributed by atoms with Gasteiger partial charge in [0.1, 0.15) is 0 Å². The van der Waals surface area contributed by atoms with E-state index >= 15 is 0 Å². The Kier molecular flexibility index (Phi) is 5.86. The van der Waals surface area contributed by atoms with Crippen LogP contribution in [0, 0.1) is 0 Å². The average Bonchev–Trinajstić information content (AvgIpc) is 3.11. The van der Waals surface area contributed by atoms with E-state index in [0.717, 1.165) is 12.0 Å². The van der Waals surface area contributed by atoms with Crippen LogP contribution in [-0.2, 0) is 11.3 Å². The third-order valence-electron chi connectivity index (χ3n) is 4.49. The maximum absolute atomic E-state index is 12.8. The zero-order valence-corrected chi connectivity index (χ0v) is 16.0. The molecule has 142 valence electrons. The fraction of sp³-hybridized carbons (Fsp3) is 0.300. The summed E-state index contributed by atoms with van der Waals surface area (Å²) in [7, 11) is 3.12. The van der Waals surface area contributed by atoms with Gasteiger partial charge in [-0.2, -0.15) is 0 Å². The number of hydrogen-bond acceptors (Lipinski definition) is 4. The molecule has 3 rings (SSSR count). The van der Waals surface area contributed by atoms with E-state index in [-0.39, 0.29) is 18.4 Å². The third kappa shape index (κ3) is 4.01. The van der Waals surface area contributed by atoms with E-state index in [1.807, 2.05) is 12.1 Å². The number of nitrogens with zero attached hydrogens (tertiary/aromatic N) is 1. The molecule has 0 aliphatic carbocycles. The molecule has 0 aromatic heterocycles. The fourth-order valence-corrected chi connectivity index (χ4v) is 3.35. The summed E-state index contributed by atoms with van der Waals surface area (Å²) >= 11 is 6.09. The van der Waals surface area contributed by atoms with Gasteiger partial charge in [0.2, 0.25) is 5.91 Å². The topological polar surface area (TPSA) is 67.9 Å². The summed E-state index contributed by atoms with van der Waals surface area (Å²) in [5.41, 5.74) is 1.74. The van der Waals surface area contributed by atoms with Crippen LogP contribution >= 0.6 is 11.6 Å². The van der Waals surface area contributed by atoms with Gasteiger partial charge in [0, 0.05) is 30.1 Å². The van der Waals surface area contributed by atoms with Gasteiger partial charge in [-0.3, -0.25) is 9.59 Å². The summed E-state index contributed by atoms with van der Waals surface area (Å²) in [6.45, 7) is 0.846. The van der Waals surface area contributed by atoms with Crippen LogP contribution in [0.15, 0.2) is 36.4 Å². The summed E-state index contributed by atoms with van der Waals surface area (Å²) in [4.78, 5) is 26.5. The van der Waals surface area contributed by atoms with Crippen molar-refractivity contribution in [2.75, 3.05) is 25.7 Å². The van der Waals surface area contributed by atoms with Crippen LogP contribution in [0.2, 0.25) is 5.02 Å². The van der Waals surface area contributed by atoms with Crippen molar-refractivity contribution >= 4 is 29.1 Å². The first kappa shape index (κ1) is 19.0. The average molecular weight is 389 g/mol. The summed E-state index contributed by atoms with van der Waals surface area (Å²) < 4.78 is 10.7. The van der Waals surface area contributed by atoms with E-state index in [4.69, 9.17) is 21.1 Å². The van der Waals surface area contributed by atoms with Crippen molar-refractivity contribution < 1.29 is 19.1 Å². The number of carbonyl (C=O) groups is 2. The van der Waals surface area contributed by atoms with Gasteiger partial charge in [-0.05, 0) is 30.7 Å². The van der Waals surface area contributed by atoms with Crippen molar-refractivity contribution in [1.29, 1.82) is 0 Å². The van der Waals surface area contributed by atoms with Crippen LogP contribution in [-0.4, -0.2) is 32.6 Å². The normalized spacial score (nSPS) is 13.6. The molecule has 1 N–H and O–H groups in total. The number of methoxy groups -OCH3 is 2. The number of para-hydroxylation sites is 1. The Balaban J connectivity index is 1.82. The first-order valence-electron chi connectivity index (χ1n) is 8.63. The van der Waals surface area contributed by atoms with Crippen molar-refractivity contribution in [3.8, 4) is 11.5 Å². The van der Waals surface area contributed by atoms with Gasteiger partial charge in [0.05, 0.1) is 25.5 Å². The predicted octanol–water partition coefficient (Wildman–Crippen LogP) is 3.41. The molecule has 27 heavy (non-hydrogen) atoms. The molecule has 0 spiro atoms. The maximum atomic E-state index is 12.8. The number of anilines is 1. The van der Waals surface area contributed by atoms with Gasteiger partial charge in [-0.15, -0.1) is 0 Å². The highest BCUT2D eigenvalue weighted by molar-refractivity contribution is 6.31. The lowest BCUT2D eigenvalue weighted by Crippen LogP contribution is -2.29. The molecule has 7 heteroatoms. The van der Waals surface area contributed by atoms with Gasteiger partial charge in [0.25, 0.3) is 5.91 Å². The van der Waals surface area contributed by atoms with E-state index in [0.29, 0.717) is 40.7 Å². The molecule has 0 unspecified atom stereocenters. The first-order valence-corrected chi connectivity index (χ1v) is 9.01. The highest BCUT2D eigenvalue weighted by Crippen LogP contribution is 2.31. The lowest BCUT2D eigenvalue weighted by atomic mass is 10.1. The van der Waals surface area contributed by atoms with E-state index in [2.05, 4.69) is 5.32 Å². The molecular weight excluding hydrogens is 368 g/mol. The van der Waals surface area contributed by atoms with Crippen LogP contribution in [0.1, 0.15) is 28.8 Å². The minimum Gasteiger partial charge on any atom is -0.493 e. The Hall–Kier alpha value is -2.73. The van der Waals surface area contributed by atoms with Gasteiger partial charge < -0.3 is 19.7 Å². The molecule has 1 heterocycles. The predicted molar refractivity (Wildman–Crippen MR) is 104 cm³/mol. The molecule has 6 nitrogen and oxygen atoms in total. The summed E-state index contributed by atoms with van der Waals surface area (Å²) in [5, 5.41) is 3.37. The van der Waals surface area contributed by atoms with Crippen LogP contribution in [0.4, 0.5) is 5.69 Å². The Morgan fingerprint density at radius 3 is 2.70 bits per heavy atom. The van der Waals surface area contributed by atoms with E-state index in [1.54, 1.807) is 43.4 Å². The molecule has 1 aliphatic heterocycles. The largest absolute Gasteiger partial charge is 0.493 e. The second-order valence-corrected chi connectivity index (χ2v) is 6.58. The third-order valence-corrected chi connectivity index (χ3v) is 4.73. The van der Waals surface area contributed by atoms with Crippen molar-refractivity contribution in [2.45, 2.75) is 19.4 Å². The van der Waals surface area contributed by atoms with Gasteiger partial charge >= 0.3 is 0 Å². The number of benzene rings is 2. The molecule has 2 aromatic rings. The molecule has 2 amide bonds. The standard InChI is InChI=1S/C20H21ClN2O4/c1-26-17-6-3-5-13(19(17)27-2)12-22-20(25)15-9-8-14(21)11-16(15)23-10-4-7-18(23)24/h3,5-6,8-9,11H,4,7,10,12H2,1-2H3,(H,22,25). The van der Waals surface area contributed by atoms with Crippen molar-refractivity contribution in [2.24, 2.45) is 0 Å². The van der Waals surface area contributed by atoms with E-state index in [1.165, 1.54) is 0 Å². The van der Waals surface area contributed by atoms with Gasteiger partial charge in [-0.25, -0.2) is 0 Å². The highest BCUT2D eigenvalue weighted by Gasteiger charge is 2.26. The molecule has 1 fully saturated rings. The first-order chi connectivity index (χ1) is 13.0. The molecule has 2 aromatic carbocycles. The van der Waals surface area contributed by atoms with E-state index < -0.39 is 0 Å². The van der Waals surface area contributed by atoms with Crippen molar-refractivity contribution in [1.82, 2.24) is 5.32 Å². The number of halogens is 1. The molecule has 0 saturated carbocycles. The number of amides is 2. The minimum absolute atomic E-state index is 0.000724. The zero-order chi connectivity index (χ0) is 19.4. The molecular formula is C20H21ClN2O4. The van der Waals surface area contributed by atoms with E-state index in [9.17, 15) is 9.59 Å². The van der Waals surface area contributed by atoms with Gasteiger partial charge in [0.15, 0.2) is 11.5 Å². The molecule has 0 bridgehead atoms. The second-order valence-electron chi connectivity index (χ2n) is 6.15. The molecule has 1 aliphatic rings. The number of nitrogens with one attached hydrogen (secondary N) is 1. The number of rotatable bonds is 6. The van der Waals surface area contributed by atoms with Crippen molar-refractivity contribution in [3.63, 3.8) is 0 Å². The molecule has 0 radical (unpaired) electrons.